The maximum atomic E-state index is 10.6. The van der Waals surface area contributed by atoms with Crippen LogP contribution in [-0.4, -0.2) is 15.9 Å². The maximum Gasteiger partial charge on any atom is 0.186 e. The number of anilines is 1. The number of rotatable bonds is 1. The molecule has 0 saturated heterocycles. The molecule has 0 unspecified atom stereocenters. The molecule has 1 aromatic rings. The highest BCUT2D eigenvalue weighted by atomic mass is 32.2. The molecule has 0 aromatic carbocycles. The van der Waals surface area contributed by atoms with Gasteiger partial charge in [-0.2, -0.15) is 0 Å². The minimum Gasteiger partial charge on any atom is -0.397 e. The Morgan fingerprint density at radius 3 is 3.00 bits per heavy atom. The molecular formula is C10H10N2OS. The molecule has 0 amide bonds. The Morgan fingerprint density at radius 2 is 2.43 bits per heavy atom. The lowest BCUT2D eigenvalue weighted by Gasteiger charge is -1.90. The highest BCUT2D eigenvalue weighted by Crippen LogP contribution is 2.01. The summed E-state index contributed by atoms with van der Waals surface area (Å²) in [6.07, 6.45) is 1.56. The Kier molecular flexibility index (Phi) is 4.02. The van der Waals surface area contributed by atoms with Crippen LogP contribution in [0.3, 0.4) is 0 Å². The number of carbonyl (C=O) groups is 1. The van der Waals surface area contributed by atoms with Crippen LogP contribution in [0.15, 0.2) is 18.3 Å². The molecule has 0 aliphatic carbocycles. The first kappa shape index (κ1) is 10.6. The van der Waals surface area contributed by atoms with Gasteiger partial charge in [-0.1, -0.05) is 17.7 Å². The first-order chi connectivity index (χ1) is 6.68. The van der Waals surface area contributed by atoms with Gasteiger partial charge in [-0.3, -0.25) is 4.79 Å². The first-order valence-electron chi connectivity index (χ1n) is 4.02. The number of carbonyl (C=O) groups excluding carboxylic acids is 1. The van der Waals surface area contributed by atoms with Crippen molar-refractivity contribution in [2.45, 2.75) is 6.92 Å². The SMILES string of the molecule is CC(=O)SCC#Cc1ccc(N)cn1. The summed E-state index contributed by atoms with van der Waals surface area (Å²) < 4.78 is 0. The average Bonchev–Trinajstić information content (AvgIpc) is 2.15. The summed E-state index contributed by atoms with van der Waals surface area (Å²) in [4.78, 5) is 14.6. The van der Waals surface area contributed by atoms with Gasteiger partial charge in [0.15, 0.2) is 5.12 Å². The Morgan fingerprint density at radius 1 is 1.64 bits per heavy atom. The van der Waals surface area contributed by atoms with Gasteiger partial charge in [0.2, 0.25) is 0 Å². The Labute approximate surface area is 87.1 Å². The van der Waals surface area contributed by atoms with Crippen LogP contribution in [0.2, 0.25) is 0 Å². The van der Waals surface area contributed by atoms with Gasteiger partial charge in [-0.25, -0.2) is 4.98 Å². The minimum atomic E-state index is 0.0737. The lowest BCUT2D eigenvalue weighted by Crippen LogP contribution is -1.88. The zero-order chi connectivity index (χ0) is 10.4. The van der Waals surface area contributed by atoms with E-state index >= 15 is 0 Å². The monoisotopic (exact) mass is 206 g/mol. The Balaban J connectivity index is 2.51. The summed E-state index contributed by atoms with van der Waals surface area (Å²) in [5.74, 6) is 6.18. The van der Waals surface area contributed by atoms with Gasteiger partial charge in [0.1, 0.15) is 5.69 Å². The molecule has 0 bridgehead atoms. The third kappa shape index (κ3) is 3.97. The van der Waals surface area contributed by atoms with E-state index in [1.807, 2.05) is 0 Å². The molecule has 1 rings (SSSR count). The summed E-state index contributed by atoms with van der Waals surface area (Å²) in [5.41, 5.74) is 6.75. The summed E-state index contributed by atoms with van der Waals surface area (Å²) >= 11 is 1.19. The molecule has 0 fully saturated rings. The van der Waals surface area contributed by atoms with Crippen molar-refractivity contribution in [3.05, 3.63) is 24.0 Å². The smallest absolute Gasteiger partial charge is 0.186 e. The Bertz CT molecular complexity index is 375. The molecule has 0 aliphatic rings. The van der Waals surface area contributed by atoms with Crippen LogP contribution < -0.4 is 5.73 Å². The van der Waals surface area contributed by atoms with Crippen molar-refractivity contribution in [3.8, 4) is 11.8 Å². The van der Waals surface area contributed by atoms with Crippen LogP contribution in [0.1, 0.15) is 12.6 Å². The molecule has 0 radical (unpaired) electrons. The molecule has 1 heterocycles. The minimum absolute atomic E-state index is 0.0737. The Hall–Kier alpha value is -1.47. The van der Waals surface area contributed by atoms with Gasteiger partial charge < -0.3 is 5.73 Å². The molecule has 0 atom stereocenters. The van der Waals surface area contributed by atoms with Gasteiger partial charge in [-0.05, 0) is 18.1 Å². The molecular weight excluding hydrogens is 196 g/mol. The third-order valence-electron chi connectivity index (χ3n) is 1.35. The van der Waals surface area contributed by atoms with Gasteiger partial charge in [-0.15, -0.1) is 0 Å². The maximum absolute atomic E-state index is 10.6. The molecule has 72 valence electrons. The van der Waals surface area contributed by atoms with Crippen molar-refractivity contribution in [1.29, 1.82) is 0 Å². The van der Waals surface area contributed by atoms with Crippen molar-refractivity contribution in [2.24, 2.45) is 0 Å². The van der Waals surface area contributed by atoms with E-state index in [-0.39, 0.29) is 5.12 Å². The number of nitrogens with zero attached hydrogens (tertiary/aromatic N) is 1. The first-order valence-corrected chi connectivity index (χ1v) is 5.01. The van der Waals surface area contributed by atoms with E-state index < -0.39 is 0 Å². The van der Waals surface area contributed by atoms with Crippen LogP contribution in [0.5, 0.6) is 0 Å². The molecule has 0 aliphatic heterocycles. The predicted octanol–water partition coefficient (Wildman–Crippen LogP) is 1.30. The van der Waals surface area contributed by atoms with E-state index in [9.17, 15) is 4.79 Å². The van der Waals surface area contributed by atoms with E-state index in [1.165, 1.54) is 18.7 Å². The van der Waals surface area contributed by atoms with E-state index in [0.717, 1.165) is 0 Å². The highest BCUT2D eigenvalue weighted by molar-refractivity contribution is 8.13. The lowest BCUT2D eigenvalue weighted by atomic mass is 10.3. The van der Waals surface area contributed by atoms with Gasteiger partial charge in [0.25, 0.3) is 0 Å². The zero-order valence-corrected chi connectivity index (χ0v) is 8.60. The standard InChI is InChI=1S/C10H10N2OS/c1-8(13)14-6-2-3-10-5-4-9(11)7-12-10/h4-5,7H,6,11H2,1H3. The van der Waals surface area contributed by atoms with Crippen molar-refractivity contribution in [3.63, 3.8) is 0 Å². The zero-order valence-electron chi connectivity index (χ0n) is 7.78. The van der Waals surface area contributed by atoms with Crippen LogP contribution in [-0.2, 0) is 4.79 Å². The van der Waals surface area contributed by atoms with Gasteiger partial charge >= 0.3 is 0 Å². The summed E-state index contributed by atoms with van der Waals surface area (Å²) in [5, 5.41) is 0.0737. The van der Waals surface area contributed by atoms with Crippen molar-refractivity contribution >= 4 is 22.6 Å². The number of pyridine rings is 1. The quantitative estimate of drug-likeness (QED) is 0.703. The number of hydrogen-bond donors (Lipinski definition) is 1. The second-order valence-electron chi connectivity index (χ2n) is 2.56. The van der Waals surface area contributed by atoms with E-state index in [0.29, 0.717) is 17.1 Å². The van der Waals surface area contributed by atoms with Gasteiger partial charge in [0.05, 0.1) is 17.6 Å². The predicted molar refractivity (Wildman–Crippen MR) is 58.7 cm³/mol. The number of aromatic nitrogens is 1. The largest absolute Gasteiger partial charge is 0.397 e. The summed E-state index contributed by atoms with van der Waals surface area (Å²) in [6, 6.07) is 3.50. The average molecular weight is 206 g/mol. The van der Waals surface area contributed by atoms with E-state index in [4.69, 9.17) is 5.73 Å². The number of nitrogen functional groups attached to an aromatic ring is 1. The summed E-state index contributed by atoms with van der Waals surface area (Å²) in [6.45, 7) is 1.52. The van der Waals surface area contributed by atoms with Crippen LogP contribution in [0, 0.1) is 11.8 Å². The second kappa shape index (κ2) is 5.30. The number of nitrogens with two attached hydrogens (primary N) is 1. The van der Waals surface area contributed by atoms with Crippen molar-refractivity contribution < 1.29 is 4.79 Å². The number of thioether (sulfide) groups is 1. The topological polar surface area (TPSA) is 56.0 Å². The third-order valence-corrected chi connectivity index (χ3v) is 2.05. The number of hydrogen-bond acceptors (Lipinski definition) is 4. The van der Waals surface area contributed by atoms with Crippen LogP contribution in [0.4, 0.5) is 5.69 Å². The molecule has 14 heavy (non-hydrogen) atoms. The van der Waals surface area contributed by atoms with Gasteiger partial charge in [0, 0.05) is 6.92 Å². The summed E-state index contributed by atoms with van der Waals surface area (Å²) in [7, 11) is 0. The molecule has 0 spiro atoms. The lowest BCUT2D eigenvalue weighted by molar-refractivity contribution is -0.109. The van der Waals surface area contributed by atoms with Crippen LogP contribution >= 0.6 is 11.8 Å². The molecule has 3 nitrogen and oxygen atoms in total. The van der Waals surface area contributed by atoms with E-state index in [1.54, 1.807) is 18.3 Å². The van der Waals surface area contributed by atoms with Crippen LogP contribution in [0.25, 0.3) is 0 Å². The highest BCUT2D eigenvalue weighted by Gasteiger charge is 1.90. The molecule has 2 N–H and O–H groups in total. The fraction of sp³-hybridized carbons (Fsp3) is 0.200. The fourth-order valence-corrected chi connectivity index (χ4v) is 1.09. The van der Waals surface area contributed by atoms with Crippen molar-refractivity contribution in [2.75, 3.05) is 11.5 Å². The van der Waals surface area contributed by atoms with Crippen molar-refractivity contribution in [1.82, 2.24) is 4.98 Å². The molecule has 4 heteroatoms. The second-order valence-corrected chi connectivity index (χ2v) is 3.71. The molecule has 0 saturated carbocycles. The fourth-order valence-electron chi connectivity index (χ4n) is 0.744. The van der Waals surface area contributed by atoms with E-state index in [2.05, 4.69) is 16.8 Å². The normalized spacial score (nSPS) is 8.93. The molecule has 1 aromatic heterocycles.